The molecule has 1 atom stereocenters. The van der Waals surface area contributed by atoms with E-state index >= 15 is 0 Å². The molecule has 0 aliphatic heterocycles. The Balaban J connectivity index is 2.65. The predicted molar refractivity (Wildman–Crippen MR) is 83.6 cm³/mol. The molecule has 98 valence electrons. The third kappa shape index (κ3) is 2.70. The van der Waals surface area contributed by atoms with Crippen LogP contribution in [0.25, 0.3) is 0 Å². The number of H-pyrrole nitrogens is 1. The summed E-state index contributed by atoms with van der Waals surface area (Å²) in [6.45, 7) is 5.77. The van der Waals surface area contributed by atoms with Crippen molar-refractivity contribution in [3.8, 4) is 0 Å². The summed E-state index contributed by atoms with van der Waals surface area (Å²) in [5.74, 6) is 0. The molecule has 0 amide bonds. The average molecular weight is 368 g/mol. The van der Waals surface area contributed by atoms with E-state index in [-0.39, 0.29) is 11.6 Å². The van der Waals surface area contributed by atoms with Crippen molar-refractivity contribution < 1.29 is 0 Å². The summed E-state index contributed by atoms with van der Waals surface area (Å²) in [4.78, 5) is 25.6. The lowest BCUT2D eigenvalue weighted by Crippen LogP contribution is -2.33. The van der Waals surface area contributed by atoms with Crippen LogP contribution in [-0.4, -0.2) is 9.55 Å². The molecule has 5 heteroatoms. The van der Waals surface area contributed by atoms with Gasteiger partial charge in [-0.3, -0.25) is 14.3 Å². The lowest BCUT2D eigenvalue weighted by Gasteiger charge is -2.18. The first-order chi connectivity index (χ1) is 9.04. The van der Waals surface area contributed by atoms with Crippen molar-refractivity contribution in [2.45, 2.75) is 13.0 Å². The van der Waals surface area contributed by atoms with E-state index in [1.807, 2.05) is 53.8 Å². The lowest BCUT2D eigenvalue weighted by molar-refractivity contribution is 0.638. The van der Waals surface area contributed by atoms with Gasteiger partial charge >= 0.3 is 5.69 Å². The SMILES string of the molecule is C=CC(c1ccccc1C)n1cc(I)c(=O)[nH]c1=O. The number of aryl methyl sites for hydroxylation is 1. The highest BCUT2D eigenvalue weighted by Gasteiger charge is 2.14. The van der Waals surface area contributed by atoms with Crippen LogP contribution in [0.5, 0.6) is 0 Å². The van der Waals surface area contributed by atoms with E-state index in [1.165, 1.54) is 4.57 Å². The number of benzene rings is 1. The monoisotopic (exact) mass is 368 g/mol. The zero-order chi connectivity index (χ0) is 14.0. The first kappa shape index (κ1) is 13.8. The van der Waals surface area contributed by atoms with Crippen molar-refractivity contribution in [2.75, 3.05) is 0 Å². The summed E-state index contributed by atoms with van der Waals surface area (Å²) in [6.07, 6.45) is 3.25. The van der Waals surface area contributed by atoms with Crippen LogP contribution >= 0.6 is 22.6 Å². The Morgan fingerprint density at radius 3 is 2.68 bits per heavy atom. The van der Waals surface area contributed by atoms with Crippen LogP contribution in [0.15, 0.2) is 52.7 Å². The van der Waals surface area contributed by atoms with E-state index in [4.69, 9.17) is 0 Å². The first-order valence-electron chi connectivity index (χ1n) is 5.73. The Morgan fingerprint density at radius 2 is 2.05 bits per heavy atom. The molecule has 0 radical (unpaired) electrons. The number of allylic oxidation sites excluding steroid dienone is 1. The van der Waals surface area contributed by atoms with Gasteiger partial charge in [-0.15, -0.1) is 6.58 Å². The Bertz CT molecular complexity index is 731. The molecule has 0 fully saturated rings. The van der Waals surface area contributed by atoms with E-state index in [0.717, 1.165) is 11.1 Å². The second kappa shape index (κ2) is 5.56. The first-order valence-corrected chi connectivity index (χ1v) is 6.81. The highest BCUT2D eigenvalue weighted by atomic mass is 127. The number of hydrogen-bond acceptors (Lipinski definition) is 2. The molecule has 4 nitrogen and oxygen atoms in total. The zero-order valence-electron chi connectivity index (χ0n) is 10.4. The van der Waals surface area contributed by atoms with Crippen molar-refractivity contribution in [1.29, 1.82) is 0 Å². The largest absolute Gasteiger partial charge is 0.329 e. The Kier molecular flexibility index (Phi) is 4.04. The van der Waals surface area contributed by atoms with E-state index in [9.17, 15) is 9.59 Å². The van der Waals surface area contributed by atoms with Crippen molar-refractivity contribution >= 4 is 22.6 Å². The normalized spacial score (nSPS) is 12.1. The minimum atomic E-state index is -0.432. The topological polar surface area (TPSA) is 54.9 Å². The second-order valence-corrected chi connectivity index (χ2v) is 5.34. The molecule has 0 saturated heterocycles. The van der Waals surface area contributed by atoms with Crippen molar-refractivity contribution in [3.05, 3.63) is 78.7 Å². The molecule has 1 aromatic carbocycles. The molecule has 0 saturated carbocycles. The summed E-state index contributed by atoms with van der Waals surface area (Å²) in [5, 5.41) is 0. The van der Waals surface area contributed by atoms with E-state index < -0.39 is 5.69 Å². The Labute approximate surface area is 123 Å². The van der Waals surface area contributed by atoms with E-state index in [0.29, 0.717) is 3.57 Å². The minimum Gasteiger partial charge on any atom is -0.289 e. The van der Waals surface area contributed by atoms with Gasteiger partial charge in [-0.05, 0) is 40.6 Å². The van der Waals surface area contributed by atoms with Crippen molar-refractivity contribution in [3.63, 3.8) is 0 Å². The number of hydrogen-bond donors (Lipinski definition) is 1. The van der Waals surface area contributed by atoms with Gasteiger partial charge in [0.25, 0.3) is 5.56 Å². The van der Waals surface area contributed by atoms with E-state index in [1.54, 1.807) is 12.3 Å². The van der Waals surface area contributed by atoms with Crippen LogP contribution in [-0.2, 0) is 0 Å². The molecule has 0 bridgehead atoms. The zero-order valence-corrected chi connectivity index (χ0v) is 12.5. The summed E-state index contributed by atoms with van der Waals surface area (Å²) in [7, 11) is 0. The quantitative estimate of drug-likeness (QED) is 0.667. The van der Waals surface area contributed by atoms with Gasteiger partial charge in [-0.1, -0.05) is 30.3 Å². The summed E-state index contributed by atoms with van der Waals surface area (Å²) >= 11 is 1.91. The van der Waals surface area contributed by atoms with Gasteiger partial charge < -0.3 is 0 Å². The van der Waals surface area contributed by atoms with Gasteiger partial charge in [0.05, 0.1) is 9.61 Å². The summed E-state index contributed by atoms with van der Waals surface area (Å²) in [6, 6.07) is 7.50. The summed E-state index contributed by atoms with van der Waals surface area (Å²) in [5.41, 5.74) is 1.26. The number of nitrogens with one attached hydrogen (secondary N) is 1. The van der Waals surface area contributed by atoms with Crippen LogP contribution in [0.3, 0.4) is 0 Å². The maximum Gasteiger partial charge on any atom is 0.329 e. The summed E-state index contributed by atoms with van der Waals surface area (Å²) < 4.78 is 1.95. The molecule has 2 rings (SSSR count). The van der Waals surface area contributed by atoms with Crippen molar-refractivity contribution in [1.82, 2.24) is 9.55 Å². The van der Waals surface area contributed by atoms with Gasteiger partial charge in [0.1, 0.15) is 0 Å². The van der Waals surface area contributed by atoms with Gasteiger partial charge in [0.15, 0.2) is 0 Å². The molecule has 1 unspecified atom stereocenters. The van der Waals surface area contributed by atoms with Gasteiger partial charge in [0, 0.05) is 6.20 Å². The molecule has 0 aliphatic carbocycles. The fourth-order valence-corrected chi connectivity index (χ4v) is 2.41. The van der Waals surface area contributed by atoms with Crippen LogP contribution in [0, 0.1) is 10.5 Å². The highest BCUT2D eigenvalue weighted by Crippen LogP contribution is 2.21. The molecule has 19 heavy (non-hydrogen) atoms. The van der Waals surface area contributed by atoms with Crippen LogP contribution in [0.2, 0.25) is 0 Å². The molecular weight excluding hydrogens is 355 g/mol. The van der Waals surface area contributed by atoms with Crippen LogP contribution in [0.4, 0.5) is 0 Å². The smallest absolute Gasteiger partial charge is 0.289 e. The number of rotatable bonds is 3. The van der Waals surface area contributed by atoms with E-state index in [2.05, 4.69) is 11.6 Å². The molecule has 1 N–H and O–H groups in total. The molecule has 1 heterocycles. The fourth-order valence-electron chi connectivity index (χ4n) is 1.98. The molecule has 0 spiro atoms. The van der Waals surface area contributed by atoms with Crippen LogP contribution in [0.1, 0.15) is 17.2 Å². The number of aromatic amines is 1. The Morgan fingerprint density at radius 1 is 1.37 bits per heavy atom. The molecular formula is C14H13IN2O2. The third-order valence-corrected chi connectivity index (χ3v) is 3.72. The van der Waals surface area contributed by atoms with Gasteiger partial charge in [-0.25, -0.2) is 4.79 Å². The second-order valence-electron chi connectivity index (χ2n) is 4.18. The highest BCUT2D eigenvalue weighted by molar-refractivity contribution is 14.1. The molecule has 2 aromatic rings. The van der Waals surface area contributed by atoms with Gasteiger partial charge in [0.2, 0.25) is 0 Å². The third-order valence-electron chi connectivity index (χ3n) is 2.95. The predicted octanol–water partition coefficient (Wildman–Crippen LogP) is 2.23. The number of aromatic nitrogens is 2. The van der Waals surface area contributed by atoms with Gasteiger partial charge in [-0.2, -0.15) is 0 Å². The fraction of sp³-hybridized carbons (Fsp3) is 0.143. The average Bonchev–Trinajstić information content (AvgIpc) is 2.38. The van der Waals surface area contributed by atoms with Crippen LogP contribution < -0.4 is 11.2 Å². The Hall–Kier alpha value is -1.63. The standard InChI is InChI=1S/C14H13IN2O2/c1-3-12(10-7-5-4-6-9(10)2)17-8-11(15)13(18)16-14(17)19/h3-8,12H,1H2,2H3,(H,16,18,19). The molecule has 0 aliphatic rings. The number of halogens is 1. The van der Waals surface area contributed by atoms with Crippen molar-refractivity contribution in [2.24, 2.45) is 0 Å². The molecule has 1 aromatic heterocycles. The minimum absolute atomic E-state index is 0.293. The maximum atomic E-state index is 11.9. The lowest BCUT2D eigenvalue weighted by atomic mass is 10.0. The number of nitrogens with zero attached hydrogens (tertiary/aromatic N) is 1. The maximum absolute atomic E-state index is 11.9.